The first kappa shape index (κ1) is 27.3. The summed E-state index contributed by atoms with van der Waals surface area (Å²) >= 11 is 1.35. The van der Waals surface area contributed by atoms with E-state index in [4.69, 9.17) is 5.73 Å². The van der Waals surface area contributed by atoms with Crippen LogP contribution in [0.15, 0.2) is 29.2 Å². The van der Waals surface area contributed by atoms with E-state index in [1.807, 2.05) is 13.8 Å². The molecule has 0 saturated heterocycles. The molecule has 5 N–H and O–H groups in total. The number of amides is 3. The zero-order valence-electron chi connectivity index (χ0n) is 18.9. The number of nitrogens with two attached hydrogens (primary N) is 1. The number of nitrogens with one attached hydrogen (secondary N) is 2. The van der Waals surface area contributed by atoms with Crippen molar-refractivity contribution in [2.24, 2.45) is 23.5 Å². The maximum Gasteiger partial charge on any atom is 0.305 e. The predicted molar refractivity (Wildman–Crippen MR) is 122 cm³/mol. The summed E-state index contributed by atoms with van der Waals surface area (Å²) in [6.07, 6.45) is 0.419. The van der Waals surface area contributed by atoms with Gasteiger partial charge in [0.2, 0.25) is 17.7 Å². The van der Waals surface area contributed by atoms with Gasteiger partial charge in [0.05, 0.1) is 18.9 Å². The lowest BCUT2D eigenvalue weighted by atomic mass is 9.85. The second-order valence-corrected chi connectivity index (χ2v) is 8.93. The molecule has 10 heteroatoms. The summed E-state index contributed by atoms with van der Waals surface area (Å²) in [6, 6.07) is 5.55. The van der Waals surface area contributed by atoms with Crippen LogP contribution in [0.2, 0.25) is 0 Å². The molecule has 1 rings (SSSR count). The Morgan fingerprint density at radius 1 is 1.09 bits per heavy atom. The molecule has 1 aromatic rings. The number of primary amides is 1. The third kappa shape index (κ3) is 9.17. The molecule has 0 heterocycles. The maximum atomic E-state index is 13.2. The van der Waals surface area contributed by atoms with Gasteiger partial charge in [0.15, 0.2) is 0 Å². The maximum absolute atomic E-state index is 13.2. The molecule has 0 spiro atoms. The molecule has 0 bridgehead atoms. The number of rotatable bonds is 13. The molecule has 0 fully saturated rings. The Bertz CT molecular complexity index is 784. The molecule has 0 aromatic heterocycles. The van der Waals surface area contributed by atoms with Crippen molar-refractivity contribution in [3.05, 3.63) is 24.3 Å². The number of hydrogen-bond acceptors (Lipinski definition) is 7. The third-order valence-corrected chi connectivity index (χ3v) is 6.06. The lowest BCUT2D eigenvalue weighted by Crippen LogP contribution is -2.50. The first-order valence-corrected chi connectivity index (χ1v) is 11.4. The Kier molecular flexibility index (Phi) is 11.6. The predicted octanol–water partition coefficient (Wildman–Crippen LogP) is 1.43. The molecular weight excluding hydrogens is 434 g/mol. The zero-order valence-corrected chi connectivity index (χ0v) is 19.7. The van der Waals surface area contributed by atoms with Crippen molar-refractivity contribution in [1.82, 2.24) is 10.6 Å². The van der Waals surface area contributed by atoms with E-state index in [-0.39, 0.29) is 30.3 Å². The number of methoxy groups -OCH3 is 1. The van der Waals surface area contributed by atoms with Crippen molar-refractivity contribution in [3.63, 3.8) is 0 Å². The normalized spacial score (nSPS) is 13.7. The van der Waals surface area contributed by atoms with Gasteiger partial charge in [-0.1, -0.05) is 13.8 Å². The van der Waals surface area contributed by atoms with Crippen LogP contribution in [0, 0.1) is 17.8 Å². The van der Waals surface area contributed by atoms with Gasteiger partial charge in [-0.3, -0.25) is 19.2 Å². The Labute approximate surface area is 192 Å². The number of benzene rings is 1. The van der Waals surface area contributed by atoms with Gasteiger partial charge in [0.1, 0.15) is 11.8 Å². The first-order valence-electron chi connectivity index (χ1n) is 10.4. The number of phenols is 1. The molecule has 0 aliphatic heterocycles. The molecule has 3 atom stereocenters. The van der Waals surface area contributed by atoms with E-state index >= 15 is 0 Å². The molecule has 9 nitrogen and oxygen atoms in total. The third-order valence-electron chi connectivity index (χ3n) is 4.92. The summed E-state index contributed by atoms with van der Waals surface area (Å²) < 4.78 is 4.61. The van der Waals surface area contributed by atoms with E-state index in [0.717, 1.165) is 4.90 Å². The van der Waals surface area contributed by atoms with Crippen LogP contribution in [0.3, 0.4) is 0 Å². The molecule has 3 amide bonds. The standard InChI is InChI=1S/C22H33N3O6S/c1-13(2)11-16(17(20(23)28)12-32-15-7-5-14(26)6-8-15)21(29)25-18(22(30)24-3)9-10-19(27)31-4/h5-8,13,16-18,26H,9-12H2,1-4H3,(H2,23,28)(H,24,30)(H,25,29). The van der Waals surface area contributed by atoms with Crippen molar-refractivity contribution in [2.75, 3.05) is 19.9 Å². The van der Waals surface area contributed by atoms with Crippen LogP contribution in [0.25, 0.3) is 0 Å². The van der Waals surface area contributed by atoms with E-state index in [0.29, 0.717) is 6.42 Å². The SMILES string of the molecule is CNC(=O)C(CCC(=O)OC)NC(=O)C(CC(C)C)C(CSc1ccc(O)cc1)C(N)=O. The van der Waals surface area contributed by atoms with Gasteiger partial charge >= 0.3 is 5.97 Å². The Morgan fingerprint density at radius 2 is 1.72 bits per heavy atom. The van der Waals surface area contributed by atoms with Crippen LogP contribution >= 0.6 is 11.8 Å². The molecule has 32 heavy (non-hydrogen) atoms. The molecular formula is C22H33N3O6S. The number of thioether (sulfide) groups is 1. The van der Waals surface area contributed by atoms with Gasteiger partial charge in [-0.2, -0.15) is 0 Å². The number of hydrogen-bond donors (Lipinski definition) is 4. The minimum atomic E-state index is -0.945. The first-order chi connectivity index (χ1) is 15.1. The molecule has 3 unspecified atom stereocenters. The van der Waals surface area contributed by atoms with Crippen molar-refractivity contribution in [2.45, 2.75) is 44.0 Å². The number of esters is 1. The summed E-state index contributed by atoms with van der Waals surface area (Å²) in [5.74, 6) is -3.05. The van der Waals surface area contributed by atoms with Crippen molar-refractivity contribution in [3.8, 4) is 5.75 Å². The van der Waals surface area contributed by atoms with E-state index in [1.165, 1.54) is 38.1 Å². The fourth-order valence-electron chi connectivity index (χ4n) is 3.17. The van der Waals surface area contributed by atoms with Crippen LogP contribution < -0.4 is 16.4 Å². The van der Waals surface area contributed by atoms with Gasteiger partial charge in [-0.05, 0) is 43.0 Å². The van der Waals surface area contributed by atoms with Gasteiger partial charge in [0, 0.05) is 24.1 Å². The van der Waals surface area contributed by atoms with Crippen LogP contribution in [-0.4, -0.2) is 54.7 Å². The topological polar surface area (TPSA) is 148 Å². The largest absolute Gasteiger partial charge is 0.508 e. The minimum absolute atomic E-state index is 0.0420. The van der Waals surface area contributed by atoms with E-state index in [9.17, 15) is 24.3 Å². The van der Waals surface area contributed by atoms with Crippen molar-refractivity contribution in [1.29, 1.82) is 0 Å². The van der Waals surface area contributed by atoms with Gasteiger partial charge < -0.3 is 26.2 Å². The Hall–Kier alpha value is -2.75. The molecule has 0 aliphatic carbocycles. The zero-order chi connectivity index (χ0) is 24.3. The quantitative estimate of drug-likeness (QED) is 0.253. The highest BCUT2D eigenvalue weighted by Crippen LogP contribution is 2.29. The highest BCUT2D eigenvalue weighted by atomic mass is 32.2. The van der Waals surface area contributed by atoms with Gasteiger partial charge in [-0.25, -0.2) is 0 Å². The summed E-state index contributed by atoms with van der Waals surface area (Å²) in [7, 11) is 2.68. The lowest BCUT2D eigenvalue weighted by Gasteiger charge is -2.27. The molecule has 178 valence electrons. The number of carbonyl (C=O) groups excluding carboxylic acids is 4. The van der Waals surface area contributed by atoms with Crippen LogP contribution in [0.5, 0.6) is 5.75 Å². The summed E-state index contributed by atoms with van der Waals surface area (Å²) in [5.41, 5.74) is 5.66. The number of carbonyl (C=O) groups is 4. The van der Waals surface area contributed by atoms with Gasteiger partial charge in [0.25, 0.3) is 0 Å². The van der Waals surface area contributed by atoms with Crippen molar-refractivity contribution >= 4 is 35.5 Å². The van der Waals surface area contributed by atoms with E-state index in [2.05, 4.69) is 15.4 Å². The van der Waals surface area contributed by atoms with E-state index < -0.39 is 41.6 Å². The number of aromatic hydroxyl groups is 1. The number of phenolic OH excluding ortho intramolecular Hbond substituents is 1. The van der Waals surface area contributed by atoms with Crippen LogP contribution in [0.1, 0.15) is 33.1 Å². The molecule has 0 aliphatic rings. The average molecular weight is 468 g/mol. The average Bonchev–Trinajstić information content (AvgIpc) is 2.75. The highest BCUT2D eigenvalue weighted by molar-refractivity contribution is 7.99. The number of likely N-dealkylation sites (N-methyl/N-ethyl adjacent to an activating group) is 1. The van der Waals surface area contributed by atoms with Gasteiger partial charge in [-0.15, -0.1) is 11.8 Å². The van der Waals surface area contributed by atoms with E-state index in [1.54, 1.807) is 12.1 Å². The molecule has 0 radical (unpaired) electrons. The second kappa shape index (κ2) is 13.6. The van der Waals surface area contributed by atoms with Crippen molar-refractivity contribution < 1.29 is 29.0 Å². The monoisotopic (exact) mass is 467 g/mol. The Balaban J connectivity index is 3.01. The fourth-order valence-corrected chi connectivity index (χ4v) is 4.27. The lowest BCUT2D eigenvalue weighted by molar-refractivity contribution is -0.141. The summed E-state index contributed by atoms with van der Waals surface area (Å²) in [6.45, 7) is 3.86. The minimum Gasteiger partial charge on any atom is -0.508 e. The molecule has 0 saturated carbocycles. The molecule has 1 aromatic carbocycles. The second-order valence-electron chi connectivity index (χ2n) is 7.84. The van der Waals surface area contributed by atoms with Crippen LogP contribution in [-0.2, 0) is 23.9 Å². The smallest absolute Gasteiger partial charge is 0.305 e. The number of ether oxygens (including phenoxy) is 1. The summed E-state index contributed by atoms with van der Waals surface area (Å²) in [4.78, 5) is 50.0. The summed E-state index contributed by atoms with van der Waals surface area (Å²) in [5, 5.41) is 14.6. The fraction of sp³-hybridized carbons (Fsp3) is 0.545. The Morgan fingerprint density at radius 3 is 2.22 bits per heavy atom. The van der Waals surface area contributed by atoms with Crippen LogP contribution in [0.4, 0.5) is 0 Å². The highest BCUT2D eigenvalue weighted by Gasteiger charge is 2.35.